The van der Waals surface area contributed by atoms with E-state index in [4.69, 9.17) is 20.4 Å². The minimum absolute atomic E-state index is 0.0962. The average molecular weight is 652 g/mol. The van der Waals surface area contributed by atoms with E-state index in [9.17, 15) is 4.79 Å². The fourth-order valence-corrected chi connectivity index (χ4v) is 8.23. The number of pyridine rings is 1. The number of hydrogen-bond acceptors (Lipinski definition) is 10. The maximum absolute atomic E-state index is 12.8. The van der Waals surface area contributed by atoms with Gasteiger partial charge in [-0.1, -0.05) is 6.07 Å². The number of carbonyl (C=O) groups is 1. The minimum Gasteiger partial charge on any atom is -0.380 e. The summed E-state index contributed by atoms with van der Waals surface area (Å²) in [6.45, 7) is 10.8. The Morgan fingerprint density at radius 3 is 2.08 bits per heavy atom. The molecule has 0 atom stereocenters. The van der Waals surface area contributed by atoms with Crippen molar-refractivity contribution >= 4 is 28.9 Å². The van der Waals surface area contributed by atoms with Crippen LogP contribution in [0.25, 0.3) is 11.4 Å². The largest absolute Gasteiger partial charge is 0.380 e. The van der Waals surface area contributed by atoms with Crippen LogP contribution in [0, 0.1) is 12.3 Å². The number of nitrogens with zero attached hydrogens (tertiary/aromatic N) is 6. The van der Waals surface area contributed by atoms with Crippen LogP contribution in [0.2, 0.25) is 0 Å². The van der Waals surface area contributed by atoms with E-state index in [1.54, 1.807) is 6.20 Å². The molecule has 2 saturated carbocycles. The van der Waals surface area contributed by atoms with Gasteiger partial charge < -0.3 is 26.0 Å². The van der Waals surface area contributed by atoms with Gasteiger partial charge in [-0.2, -0.15) is 0 Å². The van der Waals surface area contributed by atoms with E-state index in [1.807, 2.05) is 19.1 Å². The van der Waals surface area contributed by atoms with Gasteiger partial charge in [-0.25, -0.2) is 9.97 Å². The fourth-order valence-electron chi connectivity index (χ4n) is 8.23. The molecule has 3 aliphatic heterocycles. The summed E-state index contributed by atoms with van der Waals surface area (Å²) < 4.78 is 5.54. The number of piperazine rings is 1. The van der Waals surface area contributed by atoms with Crippen LogP contribution in [0.5, 0.6) is 0 Å². The van der Waals surface area contributed by atoms with Crippen molar-refractivity contribution in [3.05, 3.63) is 53.9 Å². The third-order valence-electron chi connectivity index (χ3n) is 11.5. The number of piperidine rings is 1. The maximum atomic E-state index is 12.8. The molecule has 3 aromatic rings. The lowest BCUT2D eigenvalue weighted by Gasteiger charge is -2.46. The Kier molecular flexibility index (Phi) is 8.69. The van der Waals surface area contributed by atoms with Crippen molar-refractivity contribution in [2.45, 2.75) is 76.4 Å². The Bertz CT molecular complexity index is 1600. The highest BCUT2D eigenvalue weighted by atomic mass is 16.5. The number of benzene rings is 1. The molecule has 1 amide bonds. The van der Waals surface area contributed by atoms with Crippen LogP contribution in [0.3, 0.4) is 0 Å². The zero-order valence-corrected chi connectivity index (χ0v) is 28.2. The normalized spacial score (nSPS) is 22.4. The summed E-state index contributed by atoms with van der Waals surface area (Å²) in [6.07, 6.45) is 11.3. The Morgan fingerprint density at radius 1 is 0.833 bits per heavy atom. The number of aromatic nitrogens is 3. The number of nitrogens with two attached hydrogens (primary N) is 1. The first-order chi connectivity index (χ1) is 23.4. The van der Waals surface area contributed by atoms with Gasteiger partial charge in [0, 0.05) is 80.4 Å². The number of nitrogens with one attached hydrogen (secondary N) is 2. The first-order valence-electron chi connectivity index (χ1n) is 18.0. The van der Waals surface area contributed by atoms with Crippen molar-refractivity contribution in [3.63, 3.8) is 0 Å². The van der Waals surface area contributed by atoms with Crippen LogP contribution in [0.1, 0.15) is 67.4 Å². The van der Waals surface area contributed by atoms with E-state index in [0.29, 0.717) is 34.5 Å². The number of amides is 1. The van der Waals surface area contributed by atoms with Crippen molar-refractivity contribution < 1.29 is 9.53 Å². The van der Waals surface area contributed by atoms with E-state index < -0.39 is 5.91 Å². The number of ether oxygens (including phenoxy) is 1. The van der Waals surface area contributed by atoms with E-state index in [-0.39, 0.29) is 11.7 Å². The van der Waals surface area contributed by atoms with Crippen LogP contribution in [-0.2, 0) is 4.74 Å². The molecule has 0 radical (unpaired) electrons. The van der Waals surface area contributed by atoms with Crippen molar-refractivity contribution in [2.75, 3.05) is 68.0 Å². The summed E-state index contributed by atoms with van der Waals surface area (Å²) >= 11 is 0. The summed E-state index contributed by atoms with van der Waals surface area (Å²) in [6, 6.07) is 14.1. The van der Waals surface area contributed by atoms with Crippen LogP contribution < -0.4 is 21.3 Å². The third kappa shape index (κ3) is 6.60. The smallest absolute Gasteiger partial charge is 0.271 e. The lowest BCUT2D eigenvalue weighted by molar-refractivity contribution is -0.131. The number of aryl methyl sites for hydroxylation is 1. The van der Waals surface area contributed by atoms with Gasteiger partial charge in [-0.15, -0.1) is 0 Å². The third-order valence-corrected chi connectivity index (χ3v) is 11.5. The molecule has 1 spiro atoms. The molecular weight excluding hydrogens is 602 g/mol. The predicted molar refractivity (Wildman–Crippen MR) is 189 cm³/mol. The highest BCUT2D eigenvalue weighted by Gasteiger charge is 2.42. The second-order valence-electron chi connectivity index (χ2n) is 14.8. The number of anilines is 4. The van der Waals surface area contributed by atoms with Crippen LogP contribution in [0.15, 0.2) is 42.6 Å². The monoisotopic (exact) mass is 651 g/mol. The molecular formula is C37H49N9O2. The summed E-state index contributed by atoms with van der Waals surface area (Å²) in [5.41, 5.74) is 10.6. The quantitative estimate of drug-likeness (QED) is 0.297. The Balaban J connectivity index is 0.965. The SMILES string of the molecule is Cc1cccnc1-c1nc(C(N)=O)c(Nc2ccc(N3CCC(N4CCN(C5CC5)CC4)CC3)cc2)nc1NC1CCC2(CC1)COC2. The lowest BCUT2D eigenvalue weighted by Crippen LogP contribution is -2.53. The standard InChI is InChI=1S/C37H49N9O2/c1-25-3-2-16-39-31(25)32-35(41-27-10-14-37(15-11-27)23-48-24-37)43-36(33(42-32)34(38)47)40-26-4-6-28(7-5-26)44-17-12-30(13-18-44)46-21-19-45(20-22-46)29-8-9-29/h2-7,16,27,29-30H,8-15,17-24H2,1H3,(H2,38,47)(H2,40,41,43). The van der Waals surface area contributed by atoms with Gasteiger partial charge in [0.05, 0.1) is 18.9 Å². The van der Waals surface area contributed by atoms with E-state index in [0.717, 1.165) is 69.3 Å². The van der Waals surface area contributed by atoms with Crippen molar-refractivity contribution in [1.82, 2.24) is 24.8 Å². The molecule has 11 heteroatoms. The van der Waals surface area contributed by atoms with Crippen LogP contribution in [0.4, 0.5) is 23.0 Å². The molecule has 5 heterocycles. The zero-order valence-electron chi connectivity index (χ0n) is 28.2. The van der Waals surface area contributed by atoms with E-state index >= 15 is 0 Å². The van der Waals surface area contributed by atoms with Gasteiger partial charge in [-0.3, -0.25) is 19.6 Å². The fraction of sp³-hybridized carbons (Fsp3) is 0.568. The molecule has 3 saturated heterocycles. The molecule has 5 fully saturated rings. The van der Waals surface area contributed by atoms with Crippen molar-refractivity contribution in [3.8, 4) is 11.4 Å². The summed E-state index contributed by atoms with van der Waals surface area (Å²) in [5, 5.41) is 7.06. The average Bonchev–Trinajstić information content (AvgIpc) is 3.95. The molecule has 2 aromatic heterocycles. The van der Waals surface area contributed by atoms with E-state index in [2.05, 4.69) is 54.6 Å². The van der Waals surface area contributed by atoms with Gasteiger partial charge >= 0.3 is 0 Å². The predicted octanol–water partition coefficient (Wildman–Crippen LogP) is 4.81. The van der Waals surface area contributed by atoms with Gasteiger partial charge in [0.25, 0.3) is 5.91 Å². The van der Waals surface area contributed by atoms with E-state index in [1.165, 1.54) is 57.5 Å². The summed E-state index contributed by atoms with van der Waals surface area (Å²) in [4.78, 5) is 35.1. The molecule has 1 aromatic carbocycles. The maximum Gasteiger partial charge on any atom is 0.271 e. The highest BCUT2D eigenvalue weighted by molar-refractivity contribution is 5.97. The zero-order chi connectivity index (χ0) is 32.7. The molecule has 0 unspecified atom stereocenters. The van der Waals surface area contributed by atoms with Crippen LogP contribution in [-0.4, -0.2) is 101 Å². The molecule has 5 aliphatic rings. The van der Waals surface area contributed by atoms with Gasteiger partial charge in [0.1, 0.15) is 5.69 Å². The summed E-state index contributed by atoms with van der Waals surface area (Å²) in [5.74, 6) is 0.324. The molecule has 0 bridgehead atoms. The molecule has 254 valence electrons. The second kappa shape index (κ2) is 13.2. The Labute approximate surface area is 283 Å². The van der Waals surface area contributed by atoms with Crippen molar-refractivity contribution in [1.29, 1.82) is 0 Å². The number of primary amides is 1. The topological polar surface area (TPSA) is 125 Å². The van der Waals surface area contributed by atoms with Crippen LogP contribution >= 0.6 is 0 Å². The Morgan fingerprint density at radius 2 is 1.50 bits per heavy atom. The first kappa shape index (κ1) is 31.5. The molecule has 8 rings (SSSR count). The van der Waals surface area contributed by atoms with Gasteiger partial charge in [-0.05, 0) is 94.2 Å². The Hall–Kier alpha value is -3.80. The number of rotatable bonds is 9. The molecule has 4 N–H and O–H groups in total. The highest BCUT2D eigenvalue weighted by Crippen LogP contribution is 2.43. The molecule has 11 nitrogen and oxygen atoms in total. The van der Waals surface area contributed by atoms with Gasteiger partial charge in [0.15, 0.2) is 17.3 Å². The minimum atomic E-state index is -0.635. The lowest BCUT2D eigenvalue weighted by atomic mass is 9.71. The van der Waals surface area contributed by atoms with Gasteiger partial charge in [0.2, 0.25) is 0 Å². The van der Waals surface area contributed by atoms with Crippen molar-refractivity contribution in [2.24, 2.45) is 11.1 Å². The molecule has 2 aliphatic carbocycles. The summed E-state index contributed by atoms with van der Waals surface area (Å²) in [7, 11) is 0. The number of hydrogen-bond donors (Lipinski definition) is 3. The number of carbonyl (C=O) groups excluding carboxylic acids is 1. The second-order valence-corrected chi connectivity index (χ2v) is 14.8. The molecule has 48 heavy (non-hydrogen) atoms. The first-order valence-corrected chi connectivity index (χ1v) is 18.0.